The average molecular weight is 362 g/mol. The first-order valence-corrected chi connectivity index (χ1v) is 6.98. The molecule has 0 aromatic rings. The van der Waals surface area contributed by atoms with Crippen LogP contribution in [0.5, 0.6) is 0 Å². The maximum Gasteiger partial charge on any atom is 0.330 e. The minimum absolute atomic E-state index is 0.176. The second-order valence-corrected chi connectivity index (χ2v) is 4.30. The molecule has 0 saturated heterocycles. The third-order valence-electron chi connectivity index (χ3n) is 1.62. The van der Waals surface area contributed by atoms with Gasteiger partial charge in [-0.15, -0.1) is 13.2 Å². The van der Waals surface area contributed by atoms with Crippen LogP contribution in [0.2, 0.25) is 0 Å². The highest BCUT2D eigenvalue weighted by Gasteiger charge is 1.93. The normalized spacial score (nSPS) is 8.24. The van der Waals surface area contributed by atoms with Crippen LogP contribution < -0.4 is 0 Å². The first-order chi connectivity index (χ1) is 11.5. The molecule has 5 N–H and O–H groups in total. The summed E-state index contributed by atoms with van der Waals surface area (Å²) >= 11 is 0. The summed E-state index contributed by atoms with van der Waals surface area (Å²) in [6.45, 7) is 16.7. The first-order valence-electron chi connectivity index (χ1n) is 6.98. The SMILES string of the molecule is C=C(C)C(=O)O.C=C(C)C(=O)O.C=CCOCC=C.OCC(O)CO. The van der Waals surface area contributed by atoms with Crippen LogP contribution in [0, 0.1) is 0 Å². The van der Waals surface area contributed by atoms with Gasteiger partial charge in [0.25, 0.3) is 0 Å². The average Bonchev–Trinajstić information content (AvgIpc) is 2.56. The minimum Gasteiger partial charge on any atom is -0.478 e. The molecule has 0 unspecified atom stereocenters. The summed E-state index contributed by atoms with van der Waals surface area (Å²) in [6.07, 6.45) is 2.47. The zero-order valence-electron chi connectivity index (χ0n) is 14.8. The van der Waals surface area contributed by atoms with E-state index >= 15 is 0 Å². The van der Waals surface area contributed by atoms with Crippen LogP contribution in [0.1, 0.15) is 13.8 Å². The maximum absolute atomic E-state index is 9.60. The fraction of sp³-hybridized carbons (Fsp3) is 0.412. The van der Waals surface area contributed by atoms with E-state index in [0.29, 0.717) is 13.2 Å². The van der Waals surface area contributed by atoms with Crippen LogP contribution in [0.4, 0.5) is 0 Å². The summed E-state index contributed by atoms with van der Waals surface area (Å²) in [5, 5.41) is 39.8. The predicted molar refractivity (Wildman–Crippen MR) is 96.3 cm³/mol. The summed E-state index contributed by atoms with van der Waals surface area (Å²) in [7, 11) is 0. The van der Waals surface area contributed by atoms with E-state index in [1.54, 1.807) is 12.2 Å². The van der Waals surface area contributed by atoms with Gasteiger partial charge in [-0.25, -0.2) is 9.59 Å². The molecule has 0 bridgehead atoms. The van der Waals surface area contributed by atoms with E-state index in [-0.39, 0.29) is 24.4 Å². The Morgan fingerprint density at radius 3 is 1.24 bits per heavy atom. The molecule has 25 heavy (non-hydrogen) atoms. The first kappa shape index (κ1) is 30.6. The van der Waals surface area contributed by atoms with E-state index in [1.165, 1.54) is 13.8 Å². The van der Waals surface area contributed by atoms with Gasteiger partial charge in [-0.2, -0.15) is 0 Å². The molecule has 0 heterocycles. The van der Waals surface area contributed by atoms with E-state index in [0.717, 1.165) is 0 Å². The molecular weight excluding hydrogens is 332 g/mol. The molecule has 0 saturated carbocycles. The van der Waals surface area contributed by atoms with Crippen LogP contribution in [0.25, 0.3) is 0 Å². The molecule has 8 nitrogen and oxygen atoms in total. The smallest absolute Gasteiger partial charge is 0.330 e. The number of hydrogen-bond acceptors (Lipinski definition) is 6. The largest absolute Gasteiger partial charge is 0.478 e. The number of aliphatic carboxylic acids is 2. The van der Waals surface area contributed by atoms with Crippen LogP contribution >= 0.6 is 0 Å². The van der Waals surface area contributed by atoms with E-state index in [2.05, 4.69) is 26.3 Å². The van der Waals surface area contributed by atoms with Crippen molar-refractivity contribution in [2.45, 2.75) is 20.0 Å². The van der Waals surface area contributed by atoms with Crippen molar-refractivity contribution < 1.29 is 39.9 Å². The lowest BCUT2D eigenvalue weighted by molar-refractivity contribution is -0.133. The zero-order chi connectivity index (χ0) is 20.8. The Labute approximate surface area is 148 Å². The van der Waals surface area contributed by atoms with Gasteiger partial charge in [0, 0.05) is 11.1 Å². The van der Waals surface area contributed by atoms with E-state index in [9.17, 15) is 9.59 Å². The second-order valence-electron chi connectivity index (χ2n) is 4.30. The second kappa shape index (κ2) is 24.0. The number of ether oxygens (including phenoxy) is 1. The Morgan fingerprint density at radius 1 is 0.920 bits per heavy atom. The quantitative estimate of drug-likeness (QED) is 0.244. The monoisotopic (exact) mass is 362 g/mol. The topological polar surface area (TPSA) is 145 Å². The van der Waals surface area contributed by atoms with Gasteiger partial charge in [-0.1, -0.05) is 25.3 Å². The highest BCUT2D eigenvalue weighted by atomic mass is 16.5. The summed E-state index contributed by atoms with van der Waals surface area (Å²) in [5.74, 6) is -1.87. The molecule has 0 aromatic heterocycles. The number of carbonyl (C=O) groups is 2. The molecule has 8 heteroatoms. The third kappa shape index (κ3) is 44.9. The van der Waals surface area contributed by atoms with Crippen LogP contribution in [-0.4, -0.2) is 70.0 Å². The fourth-order valence-electron chi connectivity index (χ4n) is 0.292. The Bertz CT molecular complexity index is 341. The highest BCUT2D eigenvalue weighted by Crippen LogP contribution is 1.81. The number of carboxylic acids is 2. The van der Waals surface area contributed by atoms with E-state index < -0.39 is 18.0 Å². The fourth-order valence-corrected chi connectivity index (χ4v) is 0.292. The lowest BCUT2D eigenvalue weighted by Crippen LogP contribution is -2.15. The number of hydrogen-bond donors (Lipinski definition) is 5. The third-order valence-corrected chi connectivity index (χ3v) is 1.62. The molecule has 0 aliphatic heterocycles. The van der Waals surface area contributed by atoms with Gasteiger partial charge in [-0.05, 0) is 13.8 Å². The molecule has 0 aliphatic rings. The molecule has 0 atom stereocenters. The van der Waals surface area contributed by atoms with Crippen molar-refractivity contribution in [1.29, 1.82) is 0 Å². The van der Waals surface area contributed by atoms with Crippen LogP contribution in [0.15, 0.2) is 49.6 Å². The summed E-state index contributed by atoms with van der Waals surface area (Å²) < 4.78 is 4.90. The van der Waals surface area contributed by atoms with Gasteiger partial charge in [0.15, 0.2) is 0 Å². The molecule has 0 radical (unpaired) electrons. The number of aliphatic hydroxyl groups is 3. The van der Waals surface area contributed by atoms with Crippen LogP contribution in [0.3, 0.4) is 0 Å². The van der Waals surface area contributed by atoms with Gasteiger partial charge in [0.05, 0.1) is 26.4 Å². The van der Waals surface area contributed by atoms with Crippen molar-refractivity contribution in [1.82, 2.24) is 0 Å². The van der Waals surface area contributed by atoms with E-state index in [1.807, 2.05) is 0 Å². The lowest BCUT2D eigenvalue weighted by atomic mass is 10.4. The van der Waals surface area contributed by atoms with Crippen molar-refractivity contribution in [3.63, 3.8) is 0 Å². The van der Waals surface area contributed by atoms with Crippen molar-refractivity contribution in [3.8, 4) is 0 Å². The molecule has 0 fully saturated rings. The minimum atomic E-state index is -0.954. The van der Waals surface area contributed by atoms with Gasteiger partial charge >= 0.3 is 11.9 Å². The molecule has 0 aliphatic carbocycles. The number of carboxylic acid groups (broad SMARTS) is 2. The molecular formula is C17H30O8. The van der Waals surface area contributed by atoms with Gasteiger partial charge in [0.1, 0.15) is 6.10 Å². The summed E-state index contributed by atoms with van der Waals surface area (Å²) in [6, 6.07) is 0. The molecule has 146 valence electrons. The van der Waals surface area contributed by atoms with Gasteiger partial charge in [-0.3, -0.25) is 0 Å². The summed E-state index contributed by atoms with van der Waals surface area (Å²) in [5.41, 5.74) is 0.352. The molecule has 0 aromatic carbocycles. The lowest BCUT2D eigenvalue weighted by Gasteiger charge is -1.96. The number of aliphatic hydroxyl groups excluding tert-OH is 3. The Morgan fingerprint density at radius 2 is 1.16 bits per heavy atom. The molecule has 0 amide bonds. The van der Waals surface area contributed by atoms with Crippen molar-refractivity contribution >= 4 is 11.9 Å². The van der Waals surface area contributed by atoms with Crippen LogP contribution in [-0.2, 0) is 14.3 Å². The van der Waals surface area contributed by atoms with Gasteiger partial charge in [0.2, 0.25) is 0 Å². The summed E-state index contributed by atoms with van der Waals surface area (Å²) in [4.78, 5) is 19.2. The van der Waals surface area contributed by atoms with Crippen molar-refractivity contribution in [3.05, 3.63) is 49.6 Å². The van der Waals surface area contributed by atoms with Gasteiger partial charge < -0.3 is 30.3 Å². The molecule has 0 spiro atoms. The molecule has 0 rings (SSSR count). The maximum atomic E-state index is 9.60. The standard InChI is InChI=1S/C6H10O.2C4H6O2.C3H8O3/c1-3-5-7-6-4-2;2*1-3(2)4(5)6;4-1-3(6)2-5/h3-4H,1-2,5-6H2;2*1H2,2H3,(H,5,6);3-6H,1-2H2. The zero-order valence-corrected chi connectivity index (χ0v) is 14.8. The predicted octanol–water partition coefficient (Wildman–Crippen LogP) is 1.00. The number of rotatable bonds is 8. The Kier molecular flexibility index (Phi) is 29.4. The van der Waals surface area contributed by atoms with E-state index in [4.69, 9.17) is 30.3 Å². The van der Waals surface area contributed by atoms with Crippen molar-refractivity contribution in [2.75, 3.05) is 26.4 Å². The Balaban J connectivity index is -0.000000118. The highest BCUT2D eigenvalue weighted by molar-refractivity contribution is 5.85. The van der Waals surface area contributed by atoms with Crippen molar-refractivity contribution in [2.24, 2.45) is 0 Å². The Hall–Kier alpha value is -2.26.